The van der Waals surface area contributed by atoms with Crippen LogP contribution in [0, 0.1) is 12.8 Å². The first-order valence-electron chi connectivity index (χ1n) is 8.32. The van der Waals surface area contributed by atoms with E-state index < -0.39 is 6.10 Å². The number of para-hydroxylation sites is 1. The topological polar surface area (TPSA) is 38.3 Å². The molecule has 0 saturated heterocycles. The first-order chi connectivity index (χ1) is 11.2. The summed E-state index contributed by atoms with van der Waals surface area (Å²) in [6, 6.07) is 16.5. The molecule has 2 aromatic rings. The van der Waals surface area contributed by atoms with Gasteiger partial charge in [-0.1, -0.05) is 48.0 Å². The minimum atomic E-state index is -0.404. The van der Waals surface area contributed by atoms with Gasteiger partial charge in [0.2, 0.25) is 0 Å². The number of hydrogen-bond donors (Lipinski definition) is 1. The van der Waals surface area contributed by atoms with E-state index in [0.29, 0.717) is 12.3 Å². The summed E-state index contributed by atoms with van der Waals surface area (Å²) in [6.07, 6.45) is 2.63. The monoisotopic (exact) mass is 307 g/mol. The van der Waals surface area contributed by atoms with Crippen molar-refractivity contribution in [3.63, 3.8) is 0 Å². The van der Waals surface area contributed by atoms with E-state index in [4.69, 9.17) is 4.74 Å². The molecule has 1 heterocycles. The van der Waals surface area contributed by atoms with E-state index in [1.165, 1.54) is 24.0 Å². The predicted octanol–water partition coefficient (Wildman–Crippen LogP) is 3.57. The molecular weight excluding hydrogens is 286 g/mol. The van der Waals surface area contributed by atoms with Crippen LogP contribution in [0.15, 0.2) is 48.5 Å². The Labute approximate surface area is 136 Å². The number of hydrogen-bond acceptors (Lipinski definition) is 2. The van der Waals surface area contributed by atoms with Gasteiger partial charge < -0.3 is 10.1 Å². The van der Waals surface area contributed by atoms with Crippen LogP contribution in [0.4, 0.5) is 0 Å². The molecule has 3 nitrogen and oxygen atoms in total. The zero-order valence-electron chi connectivity index (χ0n) is 13.3. The Morgan fingerprint density at radius 2 is 1.87 bits per heavy atom. The number of aryl methyl sites for hydroxylation is 1. The van der Waals surface area contributed by atoms with Gasteiger partial charge >= 0.3 is 0 Å². The Bertz CT molecular complexity index is 694. The smallest absolute Gasteiger partial charge is 0.261 e. The van der Waals surface area contributed by atoms with Crippen molar-refractivity contribution >= 4 is 5.91 Å². The highest BCUT2D eigenvalue weighted by Gasteiger charge is 2.36. The first kappa shape index (κ1) is 14.3. The maximum atomic E-state index is 12.7. The van der Waals surface area contributed by atoms with E-state index in [0.717, 1.165) is 11.3 Å². The Balaban J connectivity index is 1.47. The van der Waals surface area contributed by atoms with Gasteiger partial charge in [-0.05, 0) is 42.9 Å². The molecule has 1 aliphatic carbocycles. The third kappa shape index (κ3) is 2.96. The Hall–Kier alpha value is -2.29. The molecule has 2 atom stereocenters. The van der Waals surface area contributed by atoms with Gasteiger partial charge in [0.15, 0.2) is 6.10 Å². The molecule has 2 aromatic carbocycles. The zero-order valence-corrected chi connectivity index (χ0v) is 13.3. The van der Waals surface area contributed by atoms with E-state index in [9.17, 15) is 4.79 Å². The second kappa shape index (κ2) is 5.73. The van der Waals surface area contributed by atoms with Crippen LogP contribution in [-0.2, 0) is 11.2 Å². The van der Waals surface area contributed by atoms with Gasteiger partial charge in [0.1, 0.15) is 5.75 Å². The van der Waals surface area contributed by atoms with Crippen molar-refractivity contribution in [1.82, 2.24) is 5.32 Å². The summed E-state index contributed by atoms with van der Waals surface area (Å²) in [5.41, 5.74) is 3.55. The molecule has 2 aliphatic rings. The number of fused-ring (bicyclic) bond motifs is 1. The maximum absolute atomic E-state index is 12.7. The summed E-state index contributed by atoms with van der Waals surface area (Å²) in [5.74, 6) is 1.40. The largest absolute Gasteiger partial charge is 0.480 e. The molecule has 1 aliphatic heterocycles. The number of amides is 1. The molecule has 0 spiro atoms. The Kier molecular flexibility index (Phi) is 3.56. The lowest BCUT2D eigenvalue weighted by atomic mass is 10.0. The first-order valence-corrected chi connectivity index (χ1v) is 8.32. The third-order valence-electron chi connectivity index (χ3n) is 4.77. The molecule has 0 radical (unpaired) electrons. The van der Waals surface area contributed by atoms with Crippen molar-refractivity contribution < 1.29 is 9.53 Å². The van der Waals surface area contributed by atoms with E-state index in [2.05, 4.69) is 36.5 Å². The normalized spacial score (nSPS) is 20.5. The van der Waals surface area contributed by atoms with Gasteiger partial charge in [-0.2, -0.15) is 0 Å². The highest BCUT2D eigenvalue weighted by Crippen LogP contribution is 2.41. The number of carbonyl (C=O) groups excluding carboxylic acids is 1. The summed E-state index contributed by atoms with van der Waals surface area (Å²) < 4.78 is 5.81. The molecule has 0 bridgehead atoms. The zero-order chi connectivity index (χ0) is 15.8. The molecular formula is C20H21NO2. The van der Waals surface area contributed by atoms with Gasteiger partial charge in [0.25, 0.3) is 5.91 Å². The Morgan fingerprint density at radius 3 is 2.57 bits per heavy atom. The Morgan fingerprint density at radius 1 is 1.13 bits per heavy atom. The van der Waals surface area contributed by atoms with Crippen molar-refractivity contribution in [2.75, 3.05) is 0 Å². The standard InChI is InChI=1S/C20H21NO2/c1-13-6-8-14(9-7-13)19(15-10-11-15)21-20(22)18-12-16-4-2-3-5-17(16)23-18/h2-9,15,18-19H,10-12H2,1H3,(H,21,22). The van der Waals surface area contributed by atoms with Crippen LogP contribution in [0.2, 0.25) is 0 Å². The lowest BCUT2D eigenvalue weighted by Gasteiger charge is -2.21. The SMILES string of the molecule is Cc1ccc(C(NC(=O)C2Cc3ccccc3O2)C2CC2)cc1. The fourth-order valence-corrected chi connectivity index (χ4v) is 3.25. The number of nitrogens with one attached hydrogen (secondary N) is 1. The molecule has 1 fully saturated rings. The summed E-state index contributed by atoms with van der Waals surface area (Å²) in [5, 5.41) is 3.23. The van der Waals surface area contributed by atoms with Crippen LogP contribution in [0.3, 0.4) is 0 Å². The number of benzene rings is 2. The van der Waals surface area contributed by atoms with E-state index in [1.54, 1.807) is 0 Å². The molecule has 118 valence electrons. The van der Waals surface area contributed by atoms with Gasteiger partial charge in [0, 0.05) is 6.42 Å². The fraction of sp³-hybridized carbons (Fsp3) is 0.350. The van der Waals surface area contributed by atoms with Crippen LogP contribution in [0.25, 0.3) is 0 Å². The van der Waals surface area contributed by atoms with Crippen LogP contribution >= 0.6 is 0 Å². The third-order valence-corrected chi connectivity index (χ3v) is 4.77. The van der Waals surface area contributed by atoms with Gasteiger partial charge in [-0.3, -0.25) is 4.79 Å². The van der Waals surface area contributed by atoms with Crippen LogP contribution in [0.1, 0.15) is 35.6 Å². The molecule has 4 rings (SSSR count). The molecule has 1 saturated carbocycles. The summed E-state index contributed by atoms with van der Waals surface area (Å²) in [6.45, 7) is 2.08. The highest BCUT2D eigenvalue weighted by atomic mass is 16.5. The lowest BCUT2D eigenvalue weighted by molar-refractivity contribution is -0.128. The summed E-state index contributed by atoms with van der Waals surface area (Å²) >= 11 is 0. The van der Waals surface area contributed by atoms with E-state index >= 15 is 0 Å². The molecule has 1 amide bonds. The van der Waals surface area contributed by atoms with Crippen molar-refractivity contribution in [1.29, 1.82) is 0 Å². The minimum Gasteiger partial charge on any atom is -0.480 e. The van der Waals surface area contributed by atoms with Gasteiger partial charge in [0.05, 0.1) is 6.04 Å². The molecule has 2 unspecified atom stereocenters. The van der Waals surface area contributed by atoms with Gasteiger partial charge in [-0.15, -0.1) is 0 Å². The van der Waals surface area contributed by atoms with Crippen molar-refractivity contribution in [3.05, 3.63) is 65.2 Å². The fourth-order valence-electron chi connectivity index (χ4n) is 3.25. The minimum absolute atomic E-state index is 0.00123. The lowest BCUT2D eigenvalue weighted by Crippen LogP contribution is -2.40. The average Bonchev–Trinajstić information content (AvgIpc) is 3.31. The van der Waals surface area contributed by atoms with Crippen molar-refractivity contribution in [2.45, 2.75) is 38.3 Å². The number of carbonyl (C=O) groups is 1. The maximum Gasteiger partial charge on any atom is 0.261 e. The second-order valence-electron chi connectivity index (χ2n) is 6.65. The second-order valence-corrected chi connectivity index (χ2v) is 6.65. The van der Waals surface area contributed by atoms with E-state index in [1.807, 2.05) is 24.3 Å². The summed E-state index contributed by atoms with van der Waals surface area (Å²) in [4.78, 5) is 12.7. The van der Waals surface area contributed by atoms with Crippen LogP contribution in [0.5, 0.6) is 5.75 Å². The molecule has 23 heavy (non-hydrogen) atoms. The highest BCUT2D eigenvalue weighted by molar-refractivity contribution is 5.83. The van der Waals surface area contributed by atoms with E-state index in [-0.39, 0.29) is 11.9 Å². The molecule has 3 heteroatoms. The van der Waals surface area contributed by atoms with Crippen LogP contribution in [-0.4, -0.2) is 12.0 Å². The quantitative estimate of drug-likeness (QED) is 0.938. The average molecular weight is 307 g/mol. The summed E-state index contributed by atoms with van der Waals surface area (Å²) in [7, 11) is 0. The number of rotatable bonds is 4. The van der Waals surface area contributed by atoms with Gasteiger partial charge in [-0.25, -0.2) is 0 Å². The van der Waals surface area contributed by atoms with Crippen molar-refractivity contribution in [3.8, 4) is 5.75 Å². The molecule has 1 N–H and O–H groups in total. The number of ether oxygens (including phenoxy) is 1. The van der Waals surface area contributed by atoms with Crippen LogP contribution < -0.4 is 10.1 Å². The molecule has 0 aromatic heterocycles. The predicted molar refractivity (Wildman–Crippen MR) is 89.3 cm³/mol. The van der Waals surface area contributed by atoms with Crippen molar-refractivity contribution in [2.24, 2.45) is 5.92 Å².